The highest BCUT2D eigenvalue weighted by Gasteiger charge is 2.90. The number of alkyl halides is 12. The quantitative estimate of drug-likeness (QED) is 0.550. The van der Waals surface area contributed by atoms with Crippen molar-refractivity contribution in [2.75, 3.05) is 6.61 Å². The van der Waals surface area contributed by atoms with E-state index in [1.807, 2.05) is 4.74 Å². The molecule has 0 aliphatic carbocycles. The molecule has 0 aromatic rings. The van der Waals surface area contributed by atoms with Crippen LogP contribution in [0.15, 0.2) is 0 Å². The molecule has 1 fully saturated rings. The van der Waals surface area contributed by atoms with E-state index < -0.39 is 48.0 Å². The third-order valence-electron chi connectivity index (χ3n) is 2.47. The lowest BCUT2D eigenvalue weighted by atomic mass is 10.2. The average Bonchev–Trinajstić information content (AvgIpc) is 2.23. The summed E-state index contributed by atoms with van der Waals surface area (Å²) >= 11 is 0. The predicted molar refractivity (Wildman–Crippen MR) is 44.2 cm³/mol. The molecule has 0 atom stereocenters. The minimum absolute atomic E-state index is 0.586. The lowest BCUT2D eigenvalue weighted by Crippen LogP contribution is -2.80. The van der Waals surface area contributed by atoms with Crippen LogP contribution in [0.1, 0.15) is 6.92 Å². The topological polar surface area (TPSA) is 21.7 Å². The molecule has 0 amide bonds. The molecular weight excluding hydrogens is 370 g/mol. The van der Waals surface area contributed by atoms with Gasteiger partial charge in [0.25, 0.3) is 0 Å². The van der Waals surface area contributed by atoms with E-state index in [-0.39, 0.29) is 0 Å². The standard InChI is InChI=1S/C8H5F12NO2/c1-2-22-6(15,16)3(9,10)21-4(11,12)7(17,18)23-8(19,20)5(21,13)14/h2H2,1H3. The molecule has 138 valence electrons. The number of ether oxygens (including phenoxy) is 2. The highest BCUT2D eigenvalue weighted by Crippen LogP contribution is 2.60. The highest BCUT2D eigenvalue weighted by atomic mass is 19.4. The van der Waals surface area contributed by atoms with Crippen LogP contribution in [0.25, 0.3) is 0 Å². The molecule has 1 saturated heterocycles. The summed E-state index contributed by atoms with van der Waals surface area (Å²) in [6, 6.07) is -20.9. The summed E-state index contributed by atoms with van der Waals surface area (Å²) < 4.78 is 161. The van der Waals surface area contributed by atoms with Crippen LogP contribution in [0.2, 0.25) is 0 Å². The summed E-state index contributed by atoms with van der Waals surface area (Å²) in [5.41, 5.74) is 0. The SMILES string of the molecule is CCOC(F)(F)C(F)(F)N1C(F)(F)C(F)(F)OC(F)(F)C1(F)F. The Bertz CT molecular complexity index is 438. The summed E-state index contributed by atoms with van der Waals surface area (Å²) in [5, 5.41) is 0. The Morgan fingerprint density at radius 2 is 1.17 bits per heavy atom. The molecule has 0 saturated carbocycles. The van der Waals surface area contributed by atoms with Gasteiger partial charge in [0.2, 0.25) is 0 Å². The van der Waals surface area contributed by atoms with Gasteiger partial charge in [-0.1, -0.05) is 4.90 Å². The van der Waals surface area contributed by atoms with Crippen LogP contribution in [0, 0.1) is 0 Å². The number of hydrogen-bond acceptors (Lipinski definition) is 3. The Kier molecular flexibility index (Phi) is 4.38. The van der Waals surface area contributed by atoms with Crippen molar-refractivity contribution in [1.82, 2.24) is 4.90 Å². The summed E-state index contributed by atoms with van der Waals surface area (Å²) in [6.07, 6.45) is -19.5. The molecule has 3 nitrogen and oxygen atoms in total. The van der Waals surface area contributed by atoms with Gasteiger partial charge in [0.1, 0.15) is 0 Å². The number of halogens is 12. The lowest BCUT2D eigenvalue weighted by molar-refractivity contribution is -0.600. The fraction of sp³-hybridized carbons (Fsp3) is 1.00. The summed E-state index contributed by atoms with van der Waals surface area (Å²) in [6.45, 7) is -0.792. The molecule has 23 heavy (non-hydrogen) atoms. The van der Waals surface area contributed by atoms with Crippen LogP contribution in [0.3, 0.4) is 0 Å². The molecule has 0 N–H and O–H groups in total. The third kappa shape index (κ3) is 2.61. The van der Waals surface area contributed by atoms with Crippen molar-refractivity contribution in [3.8, 4) is 0 Å². The van der Waals surface area contributed by atoms with Crippen LogP contribution in [0.4, 0.5) is 52.7 Å². The molecule has 0 spiro atoms. The van der Waals surface area contributed by atoms with Gasteiger partial charge in [-0.05, 0) is 6.92 Å². The van der Waals surface area contributed by atoms with E-state index in [0.29, 0.717) is 6.92 Å². The summed E-state index contributed by atoms with van der Waals surface area (Å²) in [7, 11) is 0. The number of rotatable bonds is 4. The van der Waals surface area contributed by atoms with E-state index >= 15 is 0 Å². The predicted octanol–water partition coefficient (Wildman–Crippen LogP) is 3.91. The second-order valence-corrected chi connectivity index (χ2v) is 4.04. The molecule has 0 bridgehead atoms. The van der Waals surface area contributed by atoms with Gasteiger partial charge >= 0.3 is 36.5 Å². The number of nitrogens with zero attached hydrogens (tertiary/aromatic N) is 1. The molecule has 1 rings (SSSR count). The average molecular weight is 375 g/mol. The van der Waals surface area contributed by atoms with Crippen LogP contribution in [-0.4, -0.2) is 48.0 Å². The van der Waals surface area contributed by atoms with Gasteiger partial charge in [-0.2, -0.15) is 52.7 Å². The highest BCUT2D eigenvalue weighted by molar-refractivity contribution is 4.99. The van der Waals surface area contributed by atoms with Crippen LogP contribution >= 0.6 is 0 Å². The minimum atomic E-state index is -6.97. The Hall–Kier alpha value is -0.960. The molecule has 1 heterocycles. The van der Waals surface area contributed by atoms with Gasteiger partial charge in [-0.15, -0.1) is 0 Å². The molecule has 0 radical (unpaired) electrons. The zero-order chi connectivity index (χ0) is 18.7. The van der Waals surface area contributed by atoms with Crippen molar-refractivity contribution in [2.45, 2.75) is 43.4 Å². The van der Waals surface area contributed by atoms with E-state index in [1.165, 1.54) is 0 Å². The normalized spacial score (nSPS) is 27.0. The third-order valence-corrected chi connectivity index (χ3v) is 2.47. The largest absolute Gasteiger partial charge is 0.439 e. The van der Waals surface area contributed by atoms with Crippen molar-refractivity contribution >= 4 is 0 Å². The smallest absolute Gasteiger partial charge is 0.315 e. The van der Waals surface area contributed by atoms with Crippen molar-refractivity contribution in [3.05, 3.63) is 0 Å². The van der Waals surface area contributed by atoms with E-state index in [9.17, 15) is 52.7 Å². The minimum Gasteiger partial charge on any atom is -0.315 e. The maximum Gasteiger partial charge on any atom is 0.439 e. The molecule has 0 aromatic carbocycles. The van der Waals surface area contributed by atoms with Crippen LogP contribution < -0.4 is 0 Å². The Morgan fingerprint density at radius 3 is 1.48 bits per heavy atom. The first-order valence-electron chi connectivity index (χ1n) is 5.30. The van der Waals surface area contributed by atoms with Gasteiger partial charge in [-0.3, -0.25) is 0 Å². The number of morpholine rings is 1. The van der Waals surface area contributed by atoms with Crippen LogP contribution in [0.5, 0.6) is 0 Å². The molecule has 15 heteroatoms. The van der Waals surface area contributed by atoms with Gasteiger partial charge in [0.15, 0.2) is 0 Å². The maximum atomic E-state index is 13.3. The van der Waals surface area contributed by atoms with Gasteiger partial charge in [-0.25, -0.2) is 4.74 Å². The number of hydrogen-bond donors (Lipinski definition) is 0. The zero-order valence-electron chi connectivity index (χ0n) is 10.5. The molecular formula is C8H5F12NO2. The van der Waals surface area contributed by atoms with Crippen LogP contribution in [-0.2, 0) is 9.47 Å². The Labute approximate surface area is 118 Å². The van der Waals surface area contributed by atoms with E-state index in [2.05, 4.69) is 4.74 Å². The second kappa shape index (κ2) is 5.02. The second-order valence-electron chi connectivity index (χ2n) is 4.04. The molecule has 1 aliphatic heterocycles. The summed E-state index contributed by atoms with van der Waals surface area (Å²) in [4.78, 5) is -3.61. The van der Waals surface area contributed by atoms with E-state index in [1.54, 1.807) is 0 Å². The molecule has 0 aromatic heterocycles. The van der Waals surface area contributed by atoms with E-state index in [0.717, 1.165) is 0 Å². The van der Waals surface area contributed by atoms with Crippen molar-refractivity contribution < 1.29 is 62.2 Å². The summed E-state index contributed by atoms with van der Waals surface area (Å²) in [5.74, 6) is 0. The van der Waals surface area contributed by atoms with Gasteiger partial charge < -0.3 is 4.74 Å². The first-order valence-corrected chi connectivity index (χ1v) is 5.30. The first kappa shape index (κ1) is 20.1. The van der Waals surface area contributed by atoms with E-state index in [4.69, 9.17) is 0 Å². The van der Waals surface area contributed by atoms with Crippen molar-refractivity contribution in [2.24, 2.45) is 0 Å². The first-order chi connectivity index (χ1) is 9.88. The maximum absolute atomic E-state index is 13.3. The Balaban J connectivity index is 3.60. The van der Waals surface area contributed by atoms with Crippen molar-refractivity contribution in [1.29, 1.82) is 0 Å². The van der Waals surface area contributed by atoms with Crippen molar-refractivity contribution in [3.63, 3.8) is 0 Å². The fourth-order valence-corrected chi connectivity index (χ4v) is 1.47. The molecule has 1 aliphatic rings. The Morgan fingerprint density at radius 1 is 0.826 bits per heavy atom. The molecule has 0 unspecified atom stereocenters. The zero-order valence-corrected chi connectivity index (χ0v) is 10.5. The fourth-order valence-electron chi connectivity index (χ4n) is 1.47. The lowest BCUT2D eigenvalue weighted by Gasteiger charge is -2.50. The van der Waals surface area contributed by atoms with Gasteiger partial charge in [0.05, 0.1) is 6.61 Å². The monoisotopic (exact) mass is 375 g/mol. The van der Waals surface area contributed by atoms with Gasteiger partial charge in [0, 0.05) is 0 Å².